The third-order valence-electron chi connectivity index (χ3n) is 6.10. The molecule has 1 atom stereocenters. The van der Waals surface area contributed by atoms with Crippen LogP contribution in [0.3, 0.4) is 0 Å². The Morgan fingerprint density at radius 2 is 2.00 bits per heavy atom. The Labute approximate surface area is 185 Å². The summed E-state index contributed by atoms with van der Waals surface area (Å²) in [5.41, 5.74) is 2.91. The number of nitrogens with zero attached hydrogens (tertiary/aromatic N) is 3. The number of pyridine rings is 1. The highest BCUT2D eigenvalue weighted by Gasteiger charge is 2.27. The first-order valence-electron chi connectivity index (χ1n) is 10.9. The molecule has 5 rings (SSSR count). The van der Waals surface area contributed by atoms with Gasteiger partial charge in [0, 0.05) is 42.0 Å². The van der Waals surface area contributed by atoms with Crippen LogP contribution in [0.2, 0.25) is 0 Å². The molecule has 162 valence electrons. The van der Waals surface area contributed by atoms with Crippen LogP contribution >= 0.6 is 0 Å². The highest BCUT2D eigenvalue weighted by molar-refractivity contribution is 6.05. The number of para-hydroxylation sites is 1. The van der Waals surface area contributed by atoms with Crippen LogP contribution in [0.5, 0.6) is 0 Å². The summed E-state index contributed by atoms with van der Waals surface area (Å²) >= 11 is 0. The molecule has 1 aliphatic rings. The molecule has 0 spiro atoms. The van der Waals surface area contributed by atoms with Crippen molar-refractivity contribution < 1.29 is 9.32 Å². The Morgan fingerprint density at radius 1 is 1.19 bits per heavy atom. The first-order valence-corrected chi connectivity index (χ1v) is 10.9. The zero-order valence-electron chi connectivity index (χ0n) is 17.9. The maximum atomic E-state index is 13.3. The van der Waals surface area contributed by atoms with Crippen molar-refractivity contribution in [1.82, 2.24) is 20.0 Å². The van der Waals surface area contributed by atoms with Crippen molar-refractivity contribution in [2.75, 3.05) is 13.1 Å². The largest absolute Gasteiger partial charge is 0.339 e. The smallest absolute Gasteiger partial charge is 0.254 e. The van der Waals surface area contributed by atoms with Crippen LogP contribution in [0.4, 0.5) is 0 Å². The van der Waals surface area contributed by atoms with Crippen LogP contribution in [-0.4, -0.2) is 39.0 Å². The Bertz CT molecular complexity index is 1340. The van der Waals surface area contributed by atoms with E-state index < -0.39 is 0 Å². The van der Waals surface area contributed by atoms with Gasteiger partial charge in [-0.2, -0.15) is 4.98 Å². The molecular weight excluding hydrogens is 404 g/mol. The molecular formula is C25H24N4O3. The fourth-order valence-corrected chi connectivity index (χ4v) is 4.49. The Balaban J connectivity index is 1.33. The van der Waals surface area contributed by atoms with Gasteiger partial charge >= 0.3 is 0 Å². The van der Waals surface area contributed by atoms with Crippen LogP contribution in [0, 0.1) is 12.8 Å². The minimum absolute atomic E-state index is 0.108. The van der Waals surface area contributed by atoms with E-state index in [-0.39, 0.29) is 17.4 Å². The number of fused-ring (bicyclic) bond motifs is 1. The predicted molar refractivity (Wildman–Crippen MR) is 121 cm³/mol. The number of rotatable bonds is 4. The van der Waals surface area contributed by atoms with Gasteiger partial charge in [0.1, 0.15) is 0 Å². The van der Waals surface area contributed by atoms with Crippen LogP contribution in [0.15, 0.2) is 63.9 Å². The van der Waals surface area contributed by atoms with Crippen LogP contribution < -0.4 is 5.56 Å². The van der Waals surface area contributed by atoms with E-state index in [1.807, 2.05) is 60.4 Å². The molecule has 0 aliphatic carbocycles. The monoisotopic (exact) mass is 428 g/mol. The van der Waals surface area contributed by atoms with E-state index in [1.54, 1.807) is 0 Å². The summed E-state index contributed by atoms with van der Waals surface area (Å²) < 4.78 is 5.52. The zero-order chi connectivity index (χ0) is 22.1. The van der Waals surface area contributed by atoms with E-state index in [0.29, 0.717) is 42.3 Å². The molecule has 0 saturated carbocycles. The fourth-order valence-electron chi connectivity index (χ4n) is 4.49. The molecule has 2 aromatic heterocycles. The van der Waals surface area contributed by atoms with Gasteiger partial charge in [0.05, 0.1) is 5.56 Å². The summed E-state index contributed by atoms with van der Waals surface area (Å²) in [6.45, 7) is 3.30. The van der Waals surface area contributed by atoms with Crippen LogP contribution in [0.1, 0.15) is 34.7 Å². The molecule has 1 aliphatic heterocycles. The summed E-state index contributed by atoms with van der Waals surface area (Å²) in [6.07, 6.45) is 2.51. The van der Waals surface area contributed by atoms with E-state index >= 15 is 0 Å². The number of aryl methyl sites for hydroxylation is 1. The number of aromatic nitrogens is 3. The summed E-state index contributed by atoms with van der Waals surface area (Å²) in [5.74, 6) is 1.30. The molecule has 1 unspecified atom stereocenters. The van der Waals surface area contributed by atoms with Gasteiger partial charge < -0.3 is 14.4 Å². The van der Waals surface area contributed by atoms with Crippen molar-refractivity contribution in [3.05, 3.63) is 82.0 Å². The number of likely N-dealkylation sites (tertiary alicyclic amines) is 1. The summed E-state index contributed by atoms with van der Waals surface area (Å²) in [6, 6.07) is 16.8. The Kier molecular flexibility index (Phi) is 5.31. The van der Waals surface area contributed by atoms with Crippen molar-refractivity contribution >= 4 is 16.8 Å². The molecule has 1 saturated heterocycles. The number of aromatic amines is 1. The molecule has 0 bridgehead atoms. The number of hydrogen-bond donors (Lipinski definition) is 1. The Morgan fingerprint density at radius 3 is 2.88 bits per heavy atom. The number of benzene rings is 2. The molecule has 1 N–H and O–H groups in total. The summed E-state index contributed by atoms with van der Waals surface area (Å²) in [7, 11) is 0. The Hall–Kier alpha value is -3.74. The van der Waals surface area contributed by atoms with E-state index in [9.17, 15) is 9.59 Å². The van der Waals surface area contributed by atoms with Gasteiger partial charge in [-0.15, -0.1) is 0 Å². The average molecular weight is 428 g/mol. The van der Waals surface area contributed by atoms with Gasteiger partial charge in [-0.05, 0) is 37.3 Å². The number of nitrogens with one attached hydrogen (secondary N) is 1. The van der Waals surface area contributed by atoms with Gasteiger partial charge in [0.15, 0.2) is 0 Å². The van der Waals surface area contributed by atoms with Crippen LogP contribution in [0.25, 0.3) is 22.3 Å². The molecule has 1 fully saturated rings. The second-order valence-electron chi connectivity index (χ2n) is 8.38. The quantitative estimate of drug-likeness (QED) is 0.531. The lowest BCUT2D eigenvalue weighted by Crippen LogP contribution is -2.41. The molecule has 7 nitrogen and oxygen atoms in total. The third kappa shape index (κ3) is 3.93. The number of carbonyl (C=O) groups is 1. The normalized spacial score (nSPS) is 16.4. The molecule has 0 radical (unpaired) electrons. The zero-order valence-corrected chi connectivity index (χ0v) is 17.9. The fraction of sp³-hybridized carbons (Fsp3) is 0.280. The summed E-state index contributed by atoms with van der Waals surface area (Å²) in [4.78, 5) is 34.6. The second-order valence-corrected chi connectivity index (χ2v) is 8.38. The summed E-state index contributed by atoms with van der Waals surface area (Å²) in [5, 5.41) is 4.92. The van der Waals surface area contributed by atoms with Gasteiger partial charge in [0.25, 0.3) is 5.91 Å². The van der Waals surface area contributed by atoms with Crippen LogP contribution in [-0.2, 0) is 6.42 Å². The lowest BCUT2D eigenvalue weighted by Gasteiger charge is -2.32. The first-order chi connectivity index (χ1) is 15.6. The minimum atomic E-state index is -0.268. The van der Waals surface area contributed by atoms with Gasteiger partial charge in [0.2, 0.25) is 17.3 Å². The topological polar surface area (TPSA) is 92.1 Å². The van der Waals surface area contributed by atoms with E-state index in [2.05, 4.69) is 15.1 Å². The number of amides is 1. The van der Waals surface area contributed by atoms with E-state index in [1.165, 1.54) is 6.07 Å². The molecule has 3 heterocycles. The highest BCUT2D eigenvalue weighted by atomic mass is 16.5. The maximum absolute atomic E-state index is 13.3. The number of carbonyl (C=O) groups excluding carboxylic acids is 1. The van der Waals surface area contributed by atoms with Gasteiger partial charge in [-0.3, -0.25) is 9.59 Å². The molecule has 1 amide bonds. The highest BCUT2D eigenvalue weighted by Crippen LogP contribution is 2.25. The average Bonchev–Trinajstić information content (AvgIpc) is 3.26. The lowest BCUT2D eigenvalue weighted by molar-refractivity contribution is 0.0670. The number of piperidine rings is 1. The standard InChI is InChI=1S/C25H24N4O3/c1-16-7-2-3-9-18(16)24-27-23(32-28-24)13-17-8-6-12-29(15-17)25(31)20-14-22(30)26-21-11-5-4-10-19(20)21/h2-5,7,9-11,14,17H,6,8,12-13,15H2,1H3,(H,26,30). The number of hydrogen-bond acceptors (Lipinski definition) is 5. The minimum Gasteiger partial charge on any atom is -0.339 e. The second kappa shape index (κ2) is 8.42. The van der Waals surface area contributed by atoms with Crippen molar-refractivity contribution in [1.29, 1.82) is 0 Å². The molecule has 4 aromatic rings. The van der Waals surface area contributed by atoms with E-state index in [4.69, 9.17) is 4.52 Å². The van der Waals surface area contributed by atoms with Gasteiger partial charge in [-0.1, -0.05) is 47.6 Å². The van der Waals surface area contributed by atoms with Gasteiger partial charge in [-0.25, -0.2) is 0 Å². The third-order valence-corrected chi connectivity index (χ3v) is 6.10. The molecule has 7 heteroatoms. The number of H-pyrrole nitrogens is 1. The van der Waals surface area contributed by atoms with Crippen molar-refractivity contribution in [2.24, 2.45) is 5.92 Å². The molecule has 2 aromatic carbocycles. The van der Waals surface area contributed by atoms with Crippen molar-refractivity contribution in [3.8, 4) is 11.4 Å². The first kappa shape index (κ1) is 20.2. The maximum Gasteiger partial charge on any atom is 0.254 e. The predicted octanol–water partition coefficient (Wildman–Crippen LogP) is 3.98. The van der Waals surface area contributed by atoms with E-state index in [0.717, 1.165) is 29.4 Å². The van der Waals surface area contributed by atoms with Crippen molar-refractivity contribution in [3.63, 3.8) is 0 Å². The lowest BCUT2D eigenvalue weighted by atomic mass is 9.94. The van der Waals surface area contributed by atoms with Crippen molar-refractivity contribution in [2.45, 2.75) is 26.2 Å². The molecule has 32 heavy (non-hydrogen) atoms. The SMILES string of the molecule is Cc1ccccc1-c1noc(CC2CCCN(C(=O)c3cc(=O)[nH]c4ccccc34)C2)n1.